The second kappa shape index (κ2) is 14.1. The topological polar surface area (TPSA) is 16.4 Å². The van der Waals surface area contributed by atoms with Gasteiger partial charge < -0.3 is 9.32 Å². The molecule has 0 amide bonds. The Bertz CT molecular complexity index is 3270. The van der Waals surface area contributed by atoms with E-state index in [4.69, 9.17) is 4.42 Å². The van der Waals surface area contributed by atoms with Crippen molar-refractivity contribution in [3.05, 3.63) is 224 Å². The normalized spacial score (nSPS) is 11.4. The van der Waals surface area contributed by atoms with Gasteiger partial charge in [-0.15, -0.1) is 0 Å². The first-order valence-electron chi connectivity index (χ1n) is 19.8. The molecule has 2 nitrogen and oxygen atoms in total. The average molecular weight is 740 g/mol. The molecule has 0 saturated carbocycles. The van der Waals surface area contributed by atoms with E-state index >= 15 is 0 Å². The van der Waals surface area contributed by atoms with Crippen LogP contribution in [-0.4, -0.2) is 0 Å². The fraction of sp³-hybridized carbons (Fsp3) is 0. The van der Waals surface area contributed by atoms with E-state index in [0.717, 1.165) is 50.1 Å². The molecule has 0 spiro atoms. The Morgan fingerprint density at radius 1 is 0.293 bits per heavy atom. The Morgan fingerprint density at radius 2 is 0.897 bits per heavy atom. The molecule has 0 saturated heterocycles. The van der Waals surface area contributed by atoms with Gasteiger partial charge in [0.25, 0.3) is 0 Å². The summed E-state index contributed by atoms with van der Waals surface area (Å²) in [6.45, 7) is 0. The zero-order chi connectivity index (χ0) is 38.4. The van der Waals surface area contributed by atoms with Crippen LogP contribution in [0.25, 0.3) is 88.0 Å². The Kier molecular flexibility index (Phi) is 8.19. The minimum atomic E-state index is 0.893. The lowest BCUT2D eigenvalue weighted by molar-refractivity contribution is 0.669. The molecule has 0 atom stereocenters. The van der Waals surface area contributed by atoms with E-state index in [9.17, 15) is 0 Å². The fourth-order valence-electron chi connectivity index (χ4n) is 8.63. The zero-order valence-corrected chi connectivity index (χ0v) is 31.7. The highest BCUT2D eigenvalue weighted by molar-refractivity contribution is 6.13. The molecule has 2 heteroatoms. The number of fused-ring (bicyclic) bond motifs is 5. The third-order valence-corrected chi connectivity index (χ3v) is 11.5. The van der Waals surface area contributed by atoms with Gasteiger partial charge in [-0.1, -0.05) is 176 Å². The summed E-state index contributed by atoms with van der Waals surface area (Å²) in [6.07, 6.45) is 0. The number of rotatable bonds is 7. The molecule has 10 aromatic carbocycles. The summed E-state index contributed by atoms with van der Waals surface area (Å²) >= 11 is 0. The molecule has 1 aromatic heterocycles. The van der Waals surface area contributed by atoms with Gasteiger partial charge in [-0.25, -0.2) is 0 Å². The number of hydrogen-bond acceptors (Lipinski definition) is 2. The number of benzene rings is 10. The Balaban J connectivity index is 1.03. The lowest BCUT2D eigenvalue weighted by Gasteiger charge is -2.28. The van der Waals surface area contributed by atoms with Crippen molar-refractivity contribution in [2.45, 2.75) is 0 Å². The summed E-state index contributed by atoms with van der Waals surface area (Å²) in [5.74, 6) is 0. The first-order chi connectivity index (χ1) is 28.7. The largest absolute Gasteiger partial charge is 0.456 e. The summed E-state index contributed by atoms with van der Waals surface area (Å²) in [7, 11) is 0. The van der Waals surface area contributed by atoms with E-state index in [0.29, 0.717) is 0 Å². The van der Waals surface area contributed by atoms with Gasteiger partial charge in [-0.3, -0.25) is 0 Å². The highest BCUT2D eigenvalue weighted by atomic mass is 16.3. The van der Waals surface area contributed by atoms with Gasteiger partial charge in [-0.05, 0) is 109 Å². The quantitative estimate of drug-likeness (QED) is 0.162. The van der Waals surface area contributed by atoms with Crippen molar-refractivity contribution in [3.63, 3.8) is 0 Å². The van der Waals surface area contributed by atoms with Gasteiger partial charge in [-0.2, -0.15) is 0 Å². The molecule has 0 fully saturated rings. The van der Waals surface area contributed by atoms with Crippen LogP contribution in [-0.2, 0) is 0 Å². The molecule has 58 heavy (non-hydrogen) atoms. The first kappa shape index (κ1) is 33.6. The van der Waals surface area contributed by atoms with Crippen molar-refractivity contribution in [1.29, 1.82) is 0 Å². The number of anilines is 3. The van der Waals surface area contributed by atoms with Gasteiger partial charge >= 0.3 is 0 Å². The molecule has 1 heterocycles. The Labute approximate surface area is 337 Å². The molecule has 11 aromatic rings. The van der Waals surface area contributed by atoms with Crippen LogP contribution in [0, 0.1) is 0 Å². The number of hydrogen-bond donors (Lipinski definition) is 0. The van der Waals surface area contributed by atoms with E-state index in [-0.39, 0.29) is 0 Å². The monoisotopic (exact) mass is 739 g/mol. The van der Waals surface area contributed by atoms with Crippen LogP contribution < -0.4 is 4.90 Å². The zero-order valence-electron chi connectivity index (χ0n) is 31.7. The average Bonchev–Trinajstić information content (AvgIpc) is 3.69. The van der Waals surface area contributed by atoms with E-state index < -0.39 is 0 Å². The summed E-state index contributed by atoms with van der Waals surface area (Å²) in [4.78, 5) is 2.40. The third-order valence-electron chi connectivity index (χ3n) is 11.5. The van der Waals surface area contributed by atoms with E-state index in [1.54, 1.807) is 0 Å². The standard InChI is InChI=1S/C56H37NO/c1-2-13-42(14-3-1)48-34-35-53(51-19-7-6-18-50(48)51)57(47-17-10-16-45(37-47)49-21-11-23-55-56(49)52-20-8-9-22-54(52)58-55)46-32-30-40(31-33-46)39-24-26-41(27-25-39)44-29-28-38-12-4-5-15-43(38)36-44/h1-37H. The van der Waals surface area contributed by atoms with Crippen molar-refractivity contribution in [1.82, 2.24) is 0 Å². The second-order valence-electron chi connectivity index (χ2n) is 14.9. The molecule has 0 N–H and O–H groups in total. The first-order valence-corrected chi connectivity index (χ1v) is 19.8. The highest BCUT2D eigenvalue weighted by Gasteiger charge is 2.19. The van der Waals surface area contributed by atoms with E-state index in [1.807, 2.05) is 12.1 Å². The van der Waals surface area contributed by atoms with Gasteiger partial charge in [0, 0.05) is 27.5 Å². The second-order valence-corrected chi connectivity index (χ2v) is 14.9. The number of nitrogens with zero attached hydrogens (tertiary/aromatic N) is 1. The predicted molar refractivity (Wildman–Crippen MR) is 245 cm³/mol. The van der Waals surface area contributed by atoms with Gasteiger partial charge in [0.1, 0.15) is 11.2 Å². The molecule has 0 aliphatic rings. The van der Waals surface area contributed by atoms with Crippen molar-refractivity contribution in [2.75, 3.05) is 4.90 Å². The maximum atomic E-state index is 6.31. The molecular weight excluding hydrogens is 703 g/mol. The summed E-state index contributed by atoms with van der Waals surface area (Å²) in [5, 5.41) is 7.17. The minimum absolute atomic E-state index is 0.893. The Morgan fingerprint density at radius 3 is 1.71 bits per heavy atom. The van der Waals surface area contributed by atoms with Crippen LogP contribution >= 0.6 is 0 Å². The summed E-state index contributed by atoms with van der Waals surface area (Å²) in [6, 6.07) is 80.7. The van der Waals surface area contributed by atoms with Gasteiger partial charge in [0.15, 0.2) is 0 Å². The third kappa shape index (κ3) is 5.91. The van der Waals surface area contributed by atoms with Crippen molar-refractivity contribution >= 4 is 60.5 Å². The maximum Gasteiger partial charge on any atom is 0.136 e. The van der Waals surface area contributed by atoms with Crippen LogP contribution in [0.4, 0.5) is 17.1 Å². The van der Waals surface area contributed by atoms with Gasteiger partial charge in [0.05, 0.1) is 5.69 Å². The van der Waals surface area contributed by atoms with Crippen LogP contribution in [0.15, 0.2) is 229 Å². The molecule has 0 unspecified atom stereocenters. The molecule has 0 bridgehead atoms. The van der Waals surface area contributed by atoms with Crippen LogP contribution in [0.5, 0.6) is 0 Å². The van der Waals surface area contributed by atoms with Crippen molar-refractivity contribution < 1.29 is 4.42 Å². The maximum absolute atomic E-state index is 6.31. The van der Waals surface area contributed by atoms with Crippen LogP contribution in [0.2, 0.25) is 0 Å². The van der Waals surface area contributed by atoms with Gasteiger partial charge in [0.2, 0.25) is 0 Å². The van der Waals surface area contributed by atoms with E-state index in [1.165, 1.54) is 54.9 Å². The molecule has 0 aliphatic carbocycles. The fourth-order valence-corrected chi connectivity index (χ4v) is 8.63. The van der Waals surface area contributed by atoms with Crippen molar-refractivity contribution in [2.24, 2.45) is 0 Å². The predicted octanol–water partition coefficient (Wildman–Crippen LogP) is 16.0. The van der Waals surface area contributed by atoms with Crippen LogP contribution in [0.1, 0.15) is 0 Å². The lowest BCUT2D eigenvalue weighted by atomic mass is 9.95. The molecule has 0 radical (unpaired) electrons. The molecule has 11 rings (SSSR count). The minimum Gasteiger partial charge on any atom is -0.456 e. The SMILES string of the molecule is c1ccc(-c2ccc(N(c3ccc(-c4ccc(-c5ccc6ccccc6c5)cc4)cc3)c3cccc(-c4cccc5oc6ccccc6c45)c3)c3ccccc23)cc1. The smallest absolute Gasteiger partial charge is 0.136 e. The van der Waals surface area contributed by atoms with Crippen LogP contribution in [0.3, 0.4) is 0 Å². The highest BCUT2D eigenvalue weighted by Crippen LogP contribution is 2.44. The van der Waals surface area contributed by atoms with Crippen molar-refractivity contribution in [3.8, 4) is 44.5 Å². The molecule has 272 valence electrons. The summed E-state index contributed by atoms with van der Waals surface area (Å²) < 4.78 is 6.31. The van der Waals surface area contributed by atoms with E-state index in [2.05, 4.69) is 217 Å². The number of furan rings is 1. The number of para-hydroxylation sites is 1. The molecule has 0 aliphatic heterocycles. The lowest BCUT2D eigenvalue weighted by Crippen LogP contribution is -2.10. The Hall–Kier alpha value is -7.68. The molecular formula is C56H37NO. The summed E-state index contributed by atoms with van der Waals surface area (Å²) in [5.41, 5.74) is 14.6.